The zero-order valence-corrected chi connectivity index (χ0v) is 14.4. The largest absolute Gasteiger partial charge is 0.419 e. The fourth-order valence-corrected chi connectivity index (χ4v) is 3.76. The zero-order valence-electron chi connectivity index (χ0n) is 14.4. The summed E-state index contributed by atoms with van der Waals surface area (Å²) in [5.74, 6) is 1.83. The van der Waals surface area contributed by atoms with Crippen LogP contribution in [0.25, 0.3) is 11.5 Å². The molecule has 0 radical (unpaired) electrons. The molecule has 132 valence electrons. The molecular weight excluding hydrogens is 316 g/mol. The molecule has 1 saturated heterocycles. The predicted octanol–water partition coefficient (Wildman–Crippen LogP) is 2.57. The van der Waals surface area contributed by atoms with Gasteiger partial charge in [-0.2, -0.15) is 0 Å². The molecule has 1 aliphatic carbocycles. The number of hydrogen-bond donors (Lipinski definition) is 0. The van der Waals surface area contributed by atoms with Gasteiger partial charge in [-0.3, -0.25) is 9.69 Å². The van der Waals surface area contributed by atoms with Crippen molar-refractivity contribution < 1.29 is 9.21 Å². The van der Waals surface area contributed by atoms with Crippen LogP contribution in [0, 0.1) is 5.92 Å². The molecule has 0 spiro atoms. The average molecular weight is 340 g/mol. The van der Waals surface area contributed by atoms with E-state index in [0.717, 1.165) is 44.6 Å². The Kier molecular flexibility index (Phi) is 4.78. The normalized spacial score (nSPS) is 19.4. The first-order valence-corrected chi connectivity index (χ1v) is 9.18. The van der Waals surface area contributed by atoms with Crippen LogP contribution in [-0.4, -0.2) is 52.1 Å². The summed E-state index contributed by atoms with van der Waals surface area (Å²) in [6.45, 7) is 3.97. The zero-order chi connectivity index (χ0) is 17.1. The lowest BCUT2D eigenvalue weighted by Gasteiger charge is -2.35. The maximum Gasteiger partial charge on any atom is 0.247 e. The van der Waals surface area contributed by atoms with Crippen molar-refractivity contribution in [3.8, 4) is 11.5 Å². The highest BCUT2D eigenvalue weighted by atomic mass is 16.4. The number of carbonyl (C=O) groups is 1. The first-order chi connectivity index (χ1) is 12.3. The molecule has 25 heavy (non-hydrogen) atoms. The second-order valence-electron chi connectivity index (χ2n) is 6.95. The lowest BCUT2D eigenvalue weighted by molar-refractivity contribution is -0.137. The smallest absolute Gasteiger partial charge is 0.247 e. The second-order valence-corrected chi connectivity index (χ2v) is 6.95. The van der Waals surface area contributed by atoms with Crippen LogP contribution in [0.15, 0.2) is 34.7 Å². The third kappa shape index (κ3) is 3.74. The summed E-state index contributed by atoms with van der Waals surface area (Å²) < 4.78 is 5.78. The van der Waals surface area contributed by atoms with Gasteiger partial charge in [0.25, 0.3) is 0 Å². The molecule has 4 rings (SSSR count). The molecule has 6 nitrogen and oxygen atoms in total. The van der Waals surface area contributed by atoms with Crippen molar-refractivity contribution in [1.82, 2.24) is 20.0 Å². The van der Waals surface area contributed by atoms with Crippen molar-refractivity contribution in [3.63, 3.8) is 0 Å². The molecule has 6 heteroatoms. The van der Waals surface area contributed by atoms with Gasteiger partial charge in [-0.15, -0.1) is 10.2 Å². The van der Waals surface area contributed by atoms with Gasteiger partial charge in [-0.1, -0.05) is 31.0 Å². The molecule has 2 heterocycles. The van der Waals surface area contributed by atoms with E-state index in [1.54, 1.807) is 0 Å². The van der Waals surface area contributed by atoms with Crippen LogP contribution in [0.5, 0.6) is 0 Å². The Hall–Kier alpha value is -2.21. The second kappa shape index (κ2) is 7.35. The summed E-state index contributed by atoms with van der Waals surface area (Å²) in [6, 6.07) is 9.81. The van der Waals surface area contributed by atoms with E-state index >= 15 is 0 Å². The molecule has 2 aliphatic rings. The third-order valence-electron chi connectivity index (χ3n) is 5.23. The van der Waals surface area contributed by atoms with Crippen LogP contribution < -0.4 is 0 Å². The minimum absolute atomic E-state index is 0.274. The Morgan fingerprint density at radius 1 is 1.04 bits per heavy atom. The number of rotatable bonds is 4. The minimum atomic E-state index is 0.274. The van der Waals surface area contributed by atoms with E-state index < -0.39 is 0 Å². The SMILES string of the molecule is O=C(C1CCCC1)N1CCN(Cc2nnc(-c3ccccc3)o2)CC1. The Balaban J connectivity index is 1.30. The van der Waals surface area contributed by atoms with Crippen LogP contribution in [0.1, 0.15) is 31.6 Å². The van der Waals surface area contributed by atoms with Gasteiger partial charge in [0.15, 0.2) is 0 Å². The first-order valence-electron chi connectivity index (χ1n) is 9.18. The van der Waals surface area contributed by atoms with Crippen molar-refractivity contribution in [2.75, 3.05) is 26.2 Å². The monoisotopic (exact) mass is 340 g/mol. The van der Waals surface area contributed by atoms with E-state index in [4.69, 9.17) is 4.42 Å². The number of hydrogen-bond acceptors (Lipinski definition) is 5. The number of amides is 1. The molecule has 2 aromatic rings. The van der Waals surface area contributed by atoms with E-state index in [-0.39, 0.29) is 5.92 Å². The van der Waals surface area contributed by atoms with Crippen molar-refractivity contribution in [1.29, 1.82) is 0 Å². The molecule has 1 saturated carbocycles. The quantitative estimate of drug-likeness (QED) is 0.856. The fourth-order valence-electron chi connectivity index (χ4n) is 3.76. The maximum absolute atomic E-state index is 12.5. The molecule has 0 N–H and O–H groups in total. The van der Waals surface area contributed by atoms with Gasteiger partial charge in [0.1, 0.15) is 0 Å². The van der Waals surface area contributed by atoms with E-state index in [9.17, 15) is 4.79 Å². The highest BCUT2D eigenvalue weighted by Crippen LogP contribution is 2.27. The van der Waals surface area contributed by atoms with Crippen molar-refractivity contribution in [2.45, 2.75) is 32.2 Å². The Labute approximate surface area is 147 Å². The molecule has 1 aromatic carbocycles. The van der Waals surface area contributed by atoms with Gasteiger partial charge in [-0.25, -0.2) is 0 Å². The van der Waals surface area contributed by atoms with E-state index in [1.807, 2.05) is 35.2 Å². The molecule has 1 amide bonds. The van der Waals surface area contributed by atoms with Crippen molar-refractivity contribution >= 4 is 5.91 Å². The van der Waals surface area contributed by atoms with Crippen molar-refractivity contribution in [3.05, 3.63) is 36.2 Å². The number of benzene rings is 1. The fraction of sp³-hybridized carbons (Fsp3) is 0.526. The van der Waals surface area contributed by atoms with Gasteiger partial charge >= 0.3 is 0 Å². The highest BCUT2D eigenvalue weighted by Gasteiger charge is 2.29. The molecule has 1 aromatic heterocycles. The molecule has 0 bridgehead atoms. The molecular formula is C19H24N4O2. The van der Waals surface area contributed by atoms with E-state index in [1.165, 1.54) is 12.8 Å². The Bertz CT molecular complexity index is 701. The van der Waals surface area contributed by atoms with E-state index in [0.29, 0.717) is 24.2 Å². The van der Waals surface area contributed by atoms with Gasteiger partial charge < -0.3 is 9.32 Å². The minimum Gasteiger partial charge on any atom is -0.419 e. The summed E-state index contributed by atoms with van der Waals surface area (Å²) in [5, 5.41) is 8.30. The Morgan fingerprint density at radius 3 is 2.48 bits per heavy atom. The standard InChI is InChI=1S/C19H24N4O2/c24-19(16-8-4-5-9-16)23-12-10-22(11-13-23)14-17-20-21-18(25-17)15-6-2-1-3-7-15/h1-3,6-7,16H,4-5,8-14H2. The first kappa shape index (κ1) is 16.3. The van der Waals surface area contributed by atoms with Crippen LogP contribution in [0.2, 0.25) is 0 Å². The van der Waals surface area contributed by atoms with Gasteiger partial charge in [0.2, 0.25) is 17.7 Å². The predicted molar refractivity (Wildman–Crippen MR) is 93.5 cm³/mol. The van der Waals surface area contributed by atoms with Gasteiger partial charge in [0, 0.05) is 37.7 Å². The lowest BCUT2D eigenvalue weighted by Crippen LogP contribution is -2.49. The summed E-state index contributed by atoms with van der Waals surface area (Å²) in [5.41, 5.74) is 0.938. The topological polar surface area (TPSA) is 62.5 Å². The summed E-state index contributed by atoms with van der Waals surface area (Å²) in [4.78, 5) is 16.8. The van der Waals surface area contributed by atoms with Crippen LogP contribution >= 0.6 is 0 Å². The number of carbonyl (C=O) groups excluding carboxylic acids is 1. The van der Waals surface area contributed by atoms with Crippen molar-refractivity contribution in [2.24, 2.45) is 5.92 Å². The van der Waals surface area contributed by atoms with Crippen LogP contribution in [0.4, 0.5) is 0 Å². The molecule has 0 unspecified atom stereocenters. The average Bonchev–Trinajstić information content (AvgIpc) is 3.35. The van der Waals surface area contributed by atoms with Gasteiger partial charge in [0.05, 0.1) is 6.54 Å². The van der Waals surface area contributed by atoms with Crippen LogP contribution in [-0.2, 0) is 11.3 Å². The molecule has 1 aliphatic heterocycles. The molecule has 0 atom stereocenters. The molecule has 2 fully saturated rings. The number of aromatic nitrogens is 2. The van der Waals surface area contributed by atoms with Gasteiger partial charge in [-0.05, 0) is 25.0 Å². The maximum atomic E-state index is 12.5. The van der Waals surface area contributed by atoms with Crippen LogP contribution in [0.3, 0.4) is 0 Å². The summed E-state index contributed by atoms with van der Waals surface area (Å²) in [6.07, 6.45) is 4.56. The highest BCUT2D eigenvalue weighted by molar-refractivity contribution is 5.79. The summed E-state index contributed by atoms with van der Waals surface area (Å²) >= 11 is 0. The Morgan fingerprint density at radius 2 is 1.76 bits per heavy atom. The number of piperazine rings is 1. The van der Waals surface area contributed by atoms with E-state index in [2.05, 4.69) is 15.1 Å². The summed E-state index contributed by atoms with van der Waals surface area (Å²) in [7, 11) is 0. The lowest BCUT2D eigenvalue weighted by atomic mass is 10.1. The number of nitrogens with zero attached hydrogens (tertiary/aromatic N) is 4. The third-order valence-corrected chi connectivity index (χ3v) is 5.23.